The summed E-state index contributed by atoms with van der Waals surface area (Å²) in [5, 5.41) is 20.7. The van der Waals surface area contributed by atoms with E-state index in [1.54, 1.807) is 18.2 Å². The maximum atomic E-state index is 13.1. The van der Waals surface area contributed by atoms with Crippen molar-refractivity contribution in [1.82, 2.24) is 0 Å². The first-order valence-corrected chi connectivity index (χ1v) is 8.87. The monoisotopic (exact) mass is 401 g/mol. The maximum Gasteiger partial charge on any atom is 0.344 e. The lowest BCUT2D eigenvalue weighted by Gasteiger charge is -2.04. The Hall–Kier alpha value is -3.26. The van der Waals surface area contributed by atoms with Gasteiger partial charge in [-0.1, -0.05) is 17.8 Å². The first-order chi connectivity index (χ1) is 13.4. The molecule has 0 fully saturated rings. The number of thioether (sulfide) groups is 1. The van der Waals surface area contributed by atoms with Gasteiger partial charge in [0.15, 0.2) is 11.5 Å². The fourth-order valence-electron chi connectivity index (χ4n) is 2.47. The highest BCUT2D eigenvalue weighted by Gasteiger charge is 2.33. The van der Waals surface area contributed by atoms with Gasteiger partial charge in [0.2, 0.25) is 0 Å². The highest BCUT2D eigenvalue weighted by Crippen LogP contribution is 2.40. The number of carbonyl (C=O) groups is 1. The summed E-state index contributed by atoms with van der Waals surface area (Å²) < 4.78 is 22.8. The average Bonchev–Trinajstić information content (AvgIpc) is 2.98. The number of nitrogens with zero attached hydrogens (tertiary/aromatic N) is 1. The van der Waals surface area contributed by atoms with Gasteiger partial charge in [-0.15, -0.1) is 0 Å². The molecule has 2 N–H and O–H groups in total. The minimum Gasteiger partial charge on any atom is -0.506 e. The molecule has 6 nitrogen and oxygen atoms in total. The number of hydrogen-bond acceptors (Lipinski definition) is 7. The number of aliphatic imine (C=N–C) groups is 1. The zero-order valence-electron chi connectivity index (χ0n) is 15.0. The molecule has 0 radical (unpaired) electrons. The zero-order valence-corrected chi connectivity index (χ0v) is 15.8. The second-order valence-corrected chi connectivity index (χ2v) is 6.68. The Labute approximate surface area is 164 Å². The fraction of sp³-hybridized carbons (Fsp3) is 0.100. The van der Waals surface area contributed by atoms with E-state index in [0.29, 0.717) is 21.9 Å². The zero-order chi connectivity index (χ0) is 20.3. The van der Waals surface area contributed by atoms with Gasteiger partial charge in [-0.05, 0) is 48.0 Å². The number of benzene rings is 2. The molecule has 144 valence electrons. The number of carbonyl (C=O) groups excluding carboxylic acids is 1. The molecule has 3 rings (SSSR count). The number of phenols is 1. The maximum absolute atomic E-state index is 13.1. The fourth-order valence-corrected chi connectivity index (χ4v) is 3.51. The Balaban J connectivity index is 2.02. The number of aliphatic hydroxyl groups excluding tert-OH is 1. The van der Waals surface area contributed by atoms with Crippen LogP contribution >= 0.6 is 11.8 Å². The number of rotatable bonds is 4. The number of aromatic hydroxyl groups is 1. The molecule has 0 atom stereocenters. The molecule has 1 heterocycles. The lowest BCUT2D eigenvalue weighted by molar-refractivity contribution is -0.135. The van der Waals surface area contributed by atoms with Crippen LogP contribution in [-0.4, -0.2) is 35.4 Å². The first kappa shape index (κ1) is 19.5. The standard InChI is InChI=1S/C20H16FNO5S/c1-26-15-8-3-11(9-14(15)23)10-16-18(24)17(20(25)27-2)19(28-16)22-13-6-4-12(21)5-7-13/h3-10,23-24H,1-2H3. The van der Waals surface area contributed by atoms with E-state index in [1.807, 2.05) is 0 Å². The Kier molecular flexibility index (Phi) is 5.70. The molecule has 1 aliphatic heterocycles. The highest BCUT2D eigenvalue weighted by atomic mass is 32.2. The summed E-state index contributed by atoms with van der Waals surface area (Å²) in [5.41, 5.74) is 0.918. The first-order valence-electron chi connectivity index (χ1n) is 8.06. The van der Waals surface area contributed by atoms with E-state index >= 15 is 0 Å². The number of halogens is 1. The molecule has 0 spiro atoms. The third-order valence-corrected chi connectivity index (χ3v) is 4.86. The van der Waals surface area contributed by atoms with Gasteiger partial charge in [0.1, 0.15) is 22.2 Å². The molecule has 0 unspecified atom stereocenters. The number of methoxy groups -OCH3 is 2. The van der Waals surface area contributed by atoms with Gasteiger partial charge >= 0.3 is 5.97 Å². The number of phenolic OH excluding ortho intramolecular Hbond substituents is 1. The molecular weight excluding hydrogens is 385 g/mol. The van der Waals surface area contributed by atoms with Gasteiger partial charge in [0.25, 0.3) is 0 Å². The summed E-state index contributed by atoms with van der Waals surface area (Å²) in [5.74, 6) is -1.18. The lowest BCUT2D eigenvalue weighted by Crippen LogP contribution is -2.10. The van der Waals surface area contributed by atoms with Gasteiger partial charge < -0.3 is 19.7 Å². The summed E-state index contributed by atoms with van der Waals surface area (Å²) in [6, 6.07) is 10.1. The molecule has 28 heavy (non-hydrogen) atoms. The Morgan fingerprint density at radius 3 is 2.46 bits per heavy atom. The van der Waals surface area contributed by atoms with Gasteiger partial charge in [0.05, 0.1) is 24.8 Å². The van der Waals surface area contributed by atoms with Crippen LogP contribution in [0.15, 0.2) is 63.7 Å². The van der Waals surface area contributed by atoms with E-state index in [4.69, 9.17) is 9.47 Å². The van der Waals surface area contributed by atoms with Crippen LogP contribution in [0.1, 0.15) is 5.56 Å². The van der Waals surface area contributed by atoms with Crippen molar-refractivity contribution in [1.29, 1.82) is 0 Å². The summed E-state index contributed by atoms with van der Waals surface area (Å²) in [6.07, 6.45) is 1.59. The van der Waals surface area contributed by atoms with Gasteiger partial charge in [-0.25, -0.2) is 14.2 Å². The van der Waals surface area contributed by atoms with Gasteiger partial charge in [-0.2, -0.15) is 0 Å². The van der Waals surface area contributed by atoms with Crippen LogP contribution in [0, 0.1) is 5.82 Å². The van der Waals surface area contributed by atoms with E-state index in [0.717, 1.165) is 11.8 Å². The van der Waals surface area contributed by atoms with Crippen LogP contribution in [-0.2, 0) is 9.53 Å². The molecule has 1 aliphatic rings. The second-order valence-electron chi connectivity index (χ2n) is 5.65. The second kappa shape index (κ2) is 8.18. The molecule has 0 amide bonds. The van der Waals surface area contributed by atoms with Crippen molar-refractivity contribution in [3.8, 4) is 11.5 Å². The van der Waals surface area contributed by atoms with Crippen molar-refractivity contribution in [3.63, 3.8) is 0 Å². The number of aliphatic hydroxyl groups is 1. The predicted octanol–water partition coefficient (Wildman–Crippen LogP) is 4.34. The molecule has 0 saturated carbocycles. The van der Waals surface area contributed by atoms with Crippen LogP contribution in [0.4, 0.5) is 10.1 Å². The van der Waals surface area contributed by atoms with Crippen molar-refractivity contribution in [2.24, 2.45) is 4.99 Å². The Morgan fingerprint density at radius 2 is 1.86 bits per heavy atom. The molecule has 0 bridgehead atoms. The SMILES string of the molecule is COC(=O)C1=C(O)C(=Cc2ccc(OC)c(O)c2)SC1=Nc1ccc(F)cc1. The van der Waals surface area contributed by atoms with Crippen LogP contribution < -0.4 is 4.74 Å². The van der Waals surface area contributed by atoms with E-state index < -0.39 is 11.8 Å². The third kappa shape index (κ3) is 4.01. The summed E-state index contributed by atoms with van der Waals surface area (Å²) in [7, 11) is 2.64. The predicted molar refractivity (Wildman–Crippen MR) is 105 cm³/mol. The summed E-state index contributed by atoms with van der Waals surface area (Å²) in [4.78, 5) is 16.8. The quantitative estimate of drug-likeness (QED) is 0.741. The smallest absolute Gasteiger partial charge is 0.344 e. The van der Waals surface area contributed by atoms with E-state index in [2.05, 4.69) is 4.99 Å². The minimum atomic E-state index is -0.744. The third-order valence-electron chi connectivity index (χ3n) is 3.84. The minimum absolute atomic E-state index is 0.0586. The number of hydrogen-bond donors (Lipinski definition) is 2. The van der Waals surface area contributed by atoms with Crippen LogP contribution in [0.25, 0.3) is 6.08 Å². The summed E-state index contributed by atoms with van der Waals surface area (Å²) >= 11 is 1.06. The van der Waals surface area contributed by atoms with Crippen molar-refractivity contribution < 1.29 is 28.9 Å². The van der Waals surface area contributed by atoms with E-state index in [1.165, 1.54) is 44.6 Å². The largest absolute Gasteiger partial charge is 0.506 e. The normalized spacial score (nSPS) is 16.7. The Bertz CT molecular complexity index is 1010. The van der Waals surface area contributed by atoms with Gasteiger partial charge in [-0.3, -0.25) is 0 Å². The molecule has 8 heteroatoms. The molecule has 2 aromatic carbocycles. The van der Waals surface area contributed by atoms with Crippen molar-refractivity contribution >= 4 is 34.5 Å². The van der Waals surface area contributed by atoms with E-state index in [9.17, 15) is 19.4 Å². The van der Waals surface area contributed by atoms with Crippen molar-refractivity contribution in [3.05, 3.63) is 70.1 Å². The van der Waals surface area contributed by atoms with E-state index in [-0.39, 0.29) is 22.1 Å². The van der Waals surface area contributed by atoms with Crippen molar-refractivity contribution in [2.75, 3.05) is 14.2 Å². The molecular formula is C20H16FNO5S. The van der Waals surface area contributed by atoms with Crippen molar-refractivity contribution in [2.45, 2.75) is 0 Å². The van der Waals surface area contributed by atoms with Crippen LogP contribution in [0.5, 0.6) is 11.5 Å². The van der Waals surface area contributed by atoms with Gasteiger partial charge in [0, 0.05) is 0 Å². The topological polar surface area (TPSA) is 88.4 Å². The number of ether oxygens (including phenoxy) is 2. The number of esters is 1. The summed E-state index contributed by atoms with van der Waals surface area (Å²) in [6.45, 7) is 0. The molecule has 0 saturated heterocycles. The lowest BCUT2D eigenvalue weighted by atomic mass is 10.1. The highest BCUT2D eigenvalue weighted by molar-refractivity contribution is 8.18. The van der Waals surface area contributed by atoms with Crippen LogP contribution in [0.3, 0.4) is 0 Å². The Morgan fingerprint density at radius 1 is 1.14 bits per heavy atom. The molecule has 0 aromatic heterocycles. The van der Waals surface area contributed by atoms with Crippen LogP contribution in [0.2, 0.25) is 0 Å². The average molecular weight is 401 g/mol. The molecule has 2 aromatic rings. The molecule has 0 aliphatic carbocycles.